The molecule has 0 unspecified atom stereocenters. The van der Waals surface area contributed by atoms with Crippen LogP contribution in [0.1, 0.15) is 30.5 Å². The molecule has 0 radical (unpaired) electrons. The van der Waals surface area contributed by atoms with Gasteiger partial charge in [-0.1, -0.05) is 12.1 Å². The Bertz CT molecular complexity index is 529. The van der Waals surface area contributed by atoms with Crippen molar-refractivity contribution < 1.29 is 4.52 Å². The van der Waals surface area contributed by atoms with Crippen molar-refractivity contribution in [3.63, 3.8) is 0 Å². The van der Waals surface area contributed by atoms with E-state index in [0.717, 1.165) is 35.9 Å². The van der Waals surface area contributed by atoms with E-state index in [0.29, 0.717) is 12.2 Å². The smallest absolute Gasteiger partial charge is 0.148 e. The van der Waals surface area contributed by atoms with Crippen LogP contribution in [0.2, 0.25) is 0 Å². The molecule has 2 aromatic heterocycles. The average Bonchev–Trinajstić information content (AvgIpc) is 2.84. The summed E-state index contributed by atoms with van der Waals surface area (Å²) in [5.41, 5.74) is 8.42. The normalized spacial score (nSPS) is 10.8. The third kappa shape index (κ3) is 2.47. The topological polar surface area (TPSA) is 81.9 Å². The molecule has 2 heterocycles. The molecule has 0 spiro atoms. The number of aromatic nitrogens is 3. The largest absolute Gasteiger partial charge is 0.394 e. The van der Waals surface area contributed by atoms with Crippen LogP contribution in [0.4, 0.5) is 11.5 Å². The van der Waals surface area contributed by atoms with Gasteiger partial charge in [0.2, 0.25) is 0 Å². The molecule has 0 aliphatic rings. The first-order valence-corrected chi connectivity index (χ1v) is 6.10. The summed E-state index contributed by atoms with van der Waals surface area (Å²) in [4.78, 5) is 0. The van der Waals surface area contributed by atoms with Crippen molar-refractivity contribution >= 4 is 11.5 Å². The van der Waals surface area contributed by atoms with Gasteiger partial charge in [0.1, 0.15) is 17.3 Å². The molecule has 98 valence electrons. The molecule has 0 saturated heterocycles. The molecule has 0 saturated carbocycles. The Hall–Kier alpha value is -1.98. The van der Waals surface area contributed by atoms with Gasteiger partial charge in [0, 0.05) is 12.6 Å². The number of aryl methyl sites for hydroxylation is 3. The van der Waals surface area contributed by atoms with Crippen LogP contribution in [0.3, 0.4) is 0 Å². The van der Waals surface area contributed by atoms with Gasteiger partial charge in [-0.05, 0) is 20.3 Å². The zero-order valence-electron chi connectivity index (χ0n) is 11.0. The summed E-state index contributed by atoms with van der Waals surface area (Å²) in [7, 11) is 0. The van der Waals surface area contributed by atoms with E-state index in [1.54, 1.807) is 0 Å². The Morgan fingerprint density at radius 2 is 2.22 bits per heavy atom. The first kappa shape index (κ1) is 12.5. The van der Waals surface area contributed by atoms with Gasteiger partial charge in [0.05, 0.1) is 17.9 Å². The van der Waals surface area contributed by atoms with Crippen molar-refractivity contribution in [1.82, 2.24) is 14.9 Å². The van der Waals surface area contributed by atoms with Crippen LogP contribution < -0.4 is 11.1 Å². The van der Waals surface area contributed by atoms with Crippen LogP contribution in [-0.4, -0.2) is 14.9 Å². The zero-order chi connectivity index (χ0) is 13.1. The molecular weight excluding hydrogens is 230 g/mol. The summed E-state index contributed by atoms with van der Waals surface area (Å²) >= 11 is 0. The van der Waals surface area contributed by atoms with Gasteiger partial charge in [-0.15, -0.1) is 0 Å². The van der Waals surface area contributed by atoms with E-state index >= 15 is 0 Å². The molecular formula is C12H19N5O. The molecule has 0 aromatic carbocycles. The Morgan fingerprint density at radius 1 is 1.44 bits per heavy atom. The van der Waals surface area contributed by atoms with Gasteiger partial charge in [-0.3, -0.25) is 0 Å². The van der Waals surface area contributed by atoms with Crippen LogP contribution >= 0.6 is 0 Å². The summed E-state index contributed by atoms with van der Waals surface area (Å²) in [6.45, 7) is 7.32. The third-order valence-electron chi connectivity index (χ3n) is 2.72. The molecule has 0 fully saturated rings. The Morgan fingerprint density at radius 3 is 2.83 bits per heavy atom. The fraction of sp³-hybridized carbons (Fsp3) is 0.500. The number of anilines is 2. The van der Waals surface area contributed by atoms with Crippen LogP contribution in [0.5, 0.6) is 0 Å². The highest BCUT2D eigenvalue weighted by molar-refractivity contribution is 5.64. The lowest BCUT2D eigenvalue weighted by molar-refractivity contribution is 0.391. The van der Waals surface area contributed by atoms with Gasteiger partial charge in [0.25, 0.3) is 0 Å². The van der Waals surface area contributed by atoms with Crippen molar-refractivity contribution in [2.45, 2.75) is 40.3 Å². The fourth-order valence-corrected chi connectivity index (χ4v) is 1.83. The second-order valence-corrected chi connectivity index (χ2v) is 4.35. The average molecular weight is 249 g/mol. The second-order valence-electron chi connectivity index (χ2n) is 4.35. The lowest BCUT2D eigenvalue weighted by Crippen LogP contribution is -2.09. The number of nitrogens with zero attached hydrogens (tertiary/aromatic N) is 3. The highest BCUT2D eigenvalue weighted by atomic mass is 16.5. The van der Waals surface area contributed by atoms with E-state index in [9.17, 15) is 0 Å². The van der Waals surface area contributed by atoms with E-state index in [1.165, 1.54) is 0 Å². The maximum Gasteiger partial charge on any atom is 0.148 e. The van der Waals surface area contributed by atoms with E-state index < -0.39 is 0 Å². The minimum absolute atomic E-state index is 0.580. The van der Waals surface area contributed by atoms with Gasteiger partial charge in [0.15, 0.2) is 0 Å². The highest BCUT2D eigenvalue weighted by Gasteiger charge is 2.12. The number of rotatable bonds is 5. The molecule has 2 rings (SSSR count). The summed E-state index contributed by atoms with van der Waals surface area (Å²) in [5.74, 6) is 1.66. The number of nitrogens with one attached hydrogen (secondary N) is 1. The molecule has 3 N–H and O–H groups in total. The Balaban J connectivity index is 2.12. The van der Waals surface area contributed by atoms with Gasteiger partial charge in [-0.2, -0.15) is 5.10 Å². The predicted molar refractivity (Wildman–Crippen MR) is 70.2 cm³/mol. The van der Waals surface area contributed by atoms with E-state index in [-0.39, 0.29) is 0 Å². The first-order chi connectivity index (χ1) is 8.61. The molecule has 0 atom stereocenters. The second kappa shape index (κ2) is 5.12. The SMILES string of the molecule is CCCn1nc(C)c(N)c1NCc1cc(C)on1. The maximum atomic E-state index is 6.01. The van der Waals surface area contributed by atoms with Gasteiger partial charge in [-0.25, -0.2) is 4.68 Å². The number of hydrogen-bond donors (Lipinski definition) is 2. The van der Waals surface area contributed by atoms with Crippen molar-refractivity contribution in [2.75, 3.05) is 11.1 Å². The summed E-state index contributed by atoms with van der Waals surface area (Å²) < 4.78 is 6.92. The maximum absolute atomic E-state index is 6.01. The number of nitrogens with two attached hydrogens (primary N) is 1. The lowest BCUT2D eigenvalue weighted by atomic mass is 10.3. The molecule has 2 aromatic rings. The van der Waals surface area contributed by atoms with E-state index in [4.69, 9.17) is 10.3 Å². The minimum atomic E-state index is 0.580. The van der Waals surface area contributed by atoms with Crippen molar-refractivity contribution in [2.24, 2.45) is 0 Å². The summed E-state index contributed by atoms with van der Waals surface area (Å²) in [6, 6.07) is 1.90. The lowest BCUT2D eigenvalue weighted by Gasteiger charge is -2.08. The molecule has 0 aliphatic heterocycles. The third-order valence-corrected chi connectivity index (χ3v) is 2.72. The molecule has 0 bridgehead atoms. The fourth-order valence-electron chi connectivity index (χ4n) is 1.83. The monoisotopic (exact) mass is 249 g/mol. The highest BCUT2D eigenvalue weighted by Crippen LogP contribution is 2.23. The van der Waals surface area contributed by atoms with Gasteiger partial charge >= 0.3 is 0 Å². The van der Waals surface area contributed by atoms with E-state index in [1.807, 2.05) is 24.6 Å². The first-order valence-electron chi connectivity index (χ1n) is 6.10. The molecule has 0 aliphatic carbocycles. The predicted octanol–water partition coefficient (Wildman–Crippen LogP) is 2.09. The van der Waals surface area contributed by atoms with E-state index in [2.05, 4.69) is 22.5 Å². The standard InChI is InChI=1S/C12H19N5O/c1-4-5-17-12(11(13)9(3)15-17)14-7-10-6-8(2)18-16-10/h6,14H,4-5,7,13H2,1-3H3. The minimum Gasteiger partial charge on any atom is -0.394 e. The molecule has 6 nitrogen and oxygen atoms in total. The molecule has 0 amide bonds. The quantitative estimate of drug-likeness (QED) is 0.848. The number of nitrogen functional groups attached to an aromatic ring is 1. The van der Waals surface area contributed by atoms with Crippen molar-refractivity contribution in [1.29, 1.82) is 0 Å². The van der Waals surface area contributed by atoms with Crippen LogP contribution in [0, 0.1) is 13.8 Å². The van der Waals surface area contributed by atoms with Crippen LogP contribution in [0.15, 0.2) is 10.6 Å². The van der Waals surface area contributed by atoms with Gasteiger partial charge < -0.3 is 15.6 Å². The molecule has 6 heteroatoms. The van der Waals surface area contributed by atoms with Crippen molar-refractivity contribution in [3.05, 3.63) is 23.2 Å². The zero-order valence-corrected chi connectivity index (χ0v) is 11.0. The number of hydrogen-bond acceptors (Lipinski definition) is 5. The summed E-state index contributed by atoms with van der Waals surface area (Å²) in [5, 5.41) is 11.6. The van der Waals surface area contributed by atoms with Crippen LogP contribution in [-0.2, 0) is 13.1 Å². The summed E-state index contributed by atoms with van der Waals surface area (Å²) in [6.07, 6.45) is 1.01. The Kier molecular flexibility index (Phi) is 3.55. The van der Waals surface area contributed by atoms with Crippen LogP contribution in [0.25, 0.3) is 0 Å². The Labute approximate surface area is 106 Å². The molecule has 18 heavy (non-hydrogen) atoms. The van der Waals surface area contributed by atoms with Crippen molar-refractivity contribution in [3.8, 4) is 0 Å².